The first-order valence-corrected chi connectivity index (χ1v) is 7.73. The average molecular weight is 288 g/mol. The van der Waals surface area contributed by atoms with E-state index in [-0.39, 0.29) is 0 Å². The molecule has 0 aliphatic carbocycles. The minimum Gasteiger partial charge on any atom is -0.755 e. The molecule has 0 aliphatic heterocycles. The van der Waals surface area contributed by atoms with E-state index < -0.39 is 11.3 Å². The van der Waals surface area contributed by atoms with E-state index in [2.05, 4.69) is 12.1 Å². The van der Waals surface area contributed by atoms with Gasteiger partial charge in [-0.15, -0.1) is 0 Å². The smallest absolute Gasteiger partial charge is 0.0482 e. The van der Waals surface area contributed by atoms with Crippen molar-refractivity contribution in [3.63, 3.8) is 0 Å². The predicted molar refractivity (Wildman–Crippen MR) is 82.2 cm³/mol. The van der Waals surface area contributed by atoms with Gasteiger partial charge in [0.05, 0.1) is 0 Å². The predicted octanol–water partition coefficient (Wildman–Crippen LogP) is 3.29. The van der Waals surface area contributed by atoms with Gasteiger partial charge in [0, 0.05) is 23.5 Å². The number of rotatable bonds is 6. The zero-order valence-corrected chi connectivity index (χ0v) is 12.3. The van der Waals surface area contributed by atoms with Crippen LogP contribution in [0.15, 0.2) is 54.6 Å². The maximum absolute atomic E-state index is 11.2. The number of benzene rings is 2. The summed E-state index contributed by atoms with van der Waals surface area (Å²) < 4.78 is 23.8. The molecule has 1 unspecified atom stereocenters. The number of nitrogens with zero attached hydrogens (tertiary/aromatic N) is 1. The molecule has 0 saturated heterocycles. The second-order valence-electron chi connectivity index (χ2n) is 4.65. The van der Waals surface area contributed by atoms with Crippen LogP contribution in [0.2, 0.25) is 0 Å². The van der Waals surface area contributed by atoms with Crippen LogP contribution in [-0.4, -0.2) is 15.3 Å². The first-order chi connectivity index (χ1) is 9.70. The Kier molecular flexibility index (Phi) is 5.32. The molecular weight excluding hydrogens is 270 g/mol. The Hall–Kier alpha value is -1.65. The van der Waals surface area contributed by atoms with E-state index in [1.54, 1.807) is 0 Å². The van der Waals surface area contributed by atoms with Crippen molar-refractivity contribution in [3.8, 4) is 0 Å². The van der Waals surface area contributed by atoms with Gasteiger partial charge in [-0.2, -0.15) is 0 Å². The van der Waals surface area contributed by atoms with Crippen LogP contribution in [0.1, 0.15) is 24.5 Å². The first-order valence-electron chi connectivity index (χ1n) is 6.70. The van der Waals surface area contributed by atoms with Crippen LogP contribution in [0.3, 0.4) is 0 Å². The van der Waals surface area contributed by atoms with Crippen molar-refractivity contribution >= 4 is 17.0 Å². The molecule has 3 nitrogen and oxygen atoms in total. The highest BCUT2D eigenvalue weighted by atomic mass is 32.2. The molecule has 2 aromatic rings. The topological polar surface area (TPSA) is 43.4 Å². The standard InChI is InChI=1S/C16H19NO2S/c1-2-12-17(20(18)19)16-10-8-15(9-11-16)13-14-6-4-3-5-7-14/h3-11H,2,12-13H2,1H3,(H,18,19)/p-1. The summed E-state index contributed by atoms with van der Waals surface area (Å²) in [7, 11) is 0. The molecule has 0 aromatic heterocycles. The molecule has 0 fully saturated rings. The summed E-state index contributed by atoms with van der Waals surface area (Å²) in [6.45, 7) is 2.47. The van der Waals surface area contributed by atoms with Crippen LogP contribution in [0.5, 0.6) is 0 Å². The number of anilines is 1. The molecule has 106 valence electrons. The molecular formula is C16H18NO2S-. The SMILES string of the molecule is CCCN(c1ccc(Cc2ccccc2)cc1)S(=O)[O-]. The van der Waals surface area contributed by atoms with Gasteiger partial charge < -0.3 is 8.86 Å². The van der Waals surface area contributed by atoms with Crippen molar-refractivity contribution in [1.82, 2.24) is 0 Å². The van der Waals surface area contributed by atoms with Crippen LogP contribution < -0.4 is 4.31 Å². The van der Waals surface area contributed by atoms with Gasteiger partial charge in [-0.1, -0.05) is 49.4 Å². The minimum absolute atomic E-state index is 0.508. The van der Waals surface area contributed by atoms with Crippen molar-refractivity contribution in [3.05, 3.63) is 65.7 Å². The van der Waals surface area contributed by atoms with Gasteiger partial charge in [-0.05, 0) is 36.1 Å². The molecule has 0 bridgehead atoms. The molecule has 20 heavy (non-hydrogen) atoms. The van der Waals surface area contributed by atoms with E-state index in [0.717, 1.165) is 18.5 Å². The second-order valence-corrected chi connectivity index (χ2v) is 5.52. The summed E-state index contributed by atoms with van der Waals surface area (Å²) in [4.78, 5) is 0. The third-order valence-electron chi connectivity index (χ3n) is 3.08. The summed E-state index contributed by atoms with van der Waals surface area (Å²) in [6.07, 6.45) is 1.65. The van der Waals surface area contributed by atoms with Gasteiger partial charge in [0.1, 0.15) is 0 Å². The van der Waals surface area contributed by atoms with Gasteiger partial charge in [-0.3, -0.25) is 4.21 Å². The summed E-state index contributed by atoms with van der Waals surface area (Å²) in [5.74, 6) is 0. The highest BCUT2D eigenvalue weighted by Crippen LogP contribution is 2.18. The second kappa shape index (κ2) is 7.22. The Morgan fingerprint density at radius 2 is 1.60 bits per heavy atom. The third kappa shape index (κ3) is 3.92. The molecule has 0 saturated carbocycles. The van der Waals surface area contributed by atoms with Crippen molar-refractivity contribution in [1.29, 1.82) is 0 Å². The van der Waals surface area contributed by atoms with E-state index in [0.29, 0.717) is 6.54 Å². The largest absolute Gasteiger partial charge is 0.755 e. The Labute approximate surface area is 122 Å². The van der Waals surface area contributed by atoms with E-state index >= 15 is 0 Å². The molecule has 1 atom stereocenters. The summed E-state index contributed by atoms with van der Waals surface area (Å²) in [5, 5.41) is 0. The Bertz CT molecular complexity index is 554. The Balaban J connectivity index is 2.11. The molecule has 0 heterocycles. The lowest BCUT2D eigenvalue weighted by Gasteiger charge is -2.26. The molecule has 2 rings (SSSR count). The van der Waals surface area contributed by atoms with Crippen LogP contribution in [-0.2, 0) is 17.7 Å². The first kappa shape index (κ1) is 14.8. The lowest BCUT2D eigenvalue weighted by Crippen LogP contribution is -2.26. The van der Waals surface area contributed by atoms with Crippen molar-refractivity contribution < 1.29 is 8.76 Å². The summed E-state index contributed by atoms with van der Waals surface area (Å²) >= 11 is -2.22. The highest BCUT2D eigenvalue weighted by Gasteiger charge is 2.05. The van der Waals surface area contributed by atoms with Gasteiger partial charge in [-0.25, -0.2) is 0 Å². The Morgan fingerprint density at radius 3 is 2.15 bits per heavy atom. The number of hydrogen-bond acceptors (Lipinski definition) is 2. The maximum Gasteiger partial charge on any atom is 0.0482 e. The fourth-order valence-electron chi connectivity index (χ4n) is 2.10. The molecule has 0 spiro atoms. The molecule has 4 heteroatoms. The fourth-order valence-corrected chi connectivity index (χ4v) is 2.73. The lowest BCUT2D eigenvalue weighted by molar-refractivity contribution is 0.531. The van der Waals surface area contributed by atoms with Gasteiger partial charge >= 0.3 is 0 Å². The number of hydrogen-bond donors (Lipinski definition) is 0. The van der Waals surface area contributed by atoms with Crippen LogP contribution in [0.25, 0.3) is 0 Å². The van der Waals surface area contributed by atoms with E-state index in [1.807, 2.05) is 49.4 Å². The van der Waals surface area contributed by atoms with Crippen molar-refractivity contribution in [2.45, 2.75) is 19.8 Å². The Morgan fingerprint density at radius 1 is 1.00 bits per heavy atom. The molecule has 0 N–H and O–H groups in total. The lowest BCUT2D eigenvalue weighted by atomic mass is 10.0. The van der Waals surface area contributed by atoms with Gasteiger partial charge in [0.15, 0.2) is 0 Å². The van der Waals surface area contributed by atoms with Crippen molar-refractivity contribution in [2.75, 3.05) is 10.8 Å². The maximum atomic E-state index is 11.2. The molecule has 2 aromatic carbocycles. The third-order valence-corrected chi connectivity index (χ3v) is 3.84. The van der Waals surface area contributed by atoms with Gasteiger partial charge in [0.2, 0.25) is 0 Å². The molecule has 0 aliphatic rings. The van der Waals surface area contributed by atoms with E-state index in [9.17, 15) is 8.76 Å². The molecule has 0 amide bonds. The van der Waals surface area contributed by atoms with Crippen molar-refractivity contribution in [2.24, 2.45) is 0 Å². The monoisotopic (exact) mass is 288 g/mol. The zero-order chi connectivity index (χ0) is 14.4. The molecule has 0 radical (unpaired) electrons. The fraction of sp³-hybridized carbons (Fsp3) is 0.250. The van der Waals surface area contributed by atoms with Crippen LogP contribution in [0.4, 0.5) is 5.69 Å². The van der Waals surface area contributed by atoms with E-state index in [1.165, 1.54) is 15.4 Å². The zero-order valence-electron chi connectivity index (χ0n) is 11.5. The average Bonchev–Trinajstić information content (AvgIpc) is 2.47. The van der Waals surface area contributed by atoms with E-state index in [4.69, 9.17) is 0 Å². The van der Waals surface area contributed by atoms with Crippen LogP contribution in [0, 0.1) is 0 Å². The quantitative estimate of drug-likeness (QED) is 0.766. The summed E-state index contributed by atoms with van der Waals surface area (Å²) in [6, 6.07) is 17.9. The summed E-state index contributed by atoms with van der Waals surface area (Å²) in [5.41, 5.74) is 3.14. The van der Waals surface area contributed by atoms with Gasteiger partial charge in [0.25, 0.3) is 0 Å². The van der Waals surface area contributed by atoms with Crippen LogP contribution >= 0.6 is 0 Å². The highest BCUT2D eigenvalue weighted by molar-refractivity contribution is 7.80. The normalized spacial score (nSPS) is 12.1. The minimum atomic E-state index is -2.22.